The maximum Gasteiger partial charge on any atom is 0.222 e. The van der Waals surface area contributed by atoms with Crippen LogP contribution in [-0.2, 0) is 4.79 Å². The van der Waals surface area contributed by atoms with Crippen LogP contribution in [0, 0.1) is 5.92 Å². The van der Waals surface area contributed by atoms with E-state index in [4.69, 9.17) is 0 Å². The maximum absolute atomic E-state index is 12.4. The Morgan fingerprint density at radius 3 is 2.36 bits per heavy atom. The fourth-order valence-corrected chi connectivity index (χ4v) is 4.25. The topological polar surface area (TPSA) is 35.6 Å². The third-order valence-electron chi connectivity index (χ3n) is 5.71. The van der Waals surface area contributed by atoms with Crippen molar-refractivity contribution in [3.05, 3.63) is 0 Å². The van der Waals surface area contributed by atoms with E-state index >= 15 is 0 Å². The van der Waals surface area contributed by atoms with Crippen LogP contribution in [0.3, 0.4) is 0 Å². The molecule has 22 heavy (non-hydrogen) atoms. The molecule has 1 unspecified atom stereocenters. The summed E-state index contributed by atoms with van der Waals surface area (Å²) in [5.41, 5.74) is 0. The Morgan fingerprint density at radius 2 is 1.73 bits per heavy atom. The zero-order valence-corrected chi connectivity index (χ0v) is 14.6. The minimum Gasteiger partial charge on any atom is -0.340 e. The van der Waals surface area contributed by atoms with Crippen LogP contribution in [0.2, 0.25) is 0 Å². The lowest BCUT2D eigenvalue weighted by Crippen LogP contribution is -2.52. The second-order valence-electron chi connectivity index (χ2n) is 7.11. The largest absolute Gasteiger partial charge is 0.340 e. The van der Waals surface area contributed by atoms with Crippen molar-refractivity contribution in [1.29, 1.82) is 0 Å². The average Bonchev–Trinajstić information content (AvgIpc) is 3.08. The number of carbonyl (C=O) groups is 1. The monoisotopic (exact) mass is 329 g/mol. The van der Waals surface area contributed by atoms with E-state index in [0.29, 0.717) is 11.9 Å². The SMILES string of the molecule is Cl.O=C(CCC1CCCCC1)N1CCN(C2CCNC2)CC1. The molecule has 3 rings (SSSR count). The van der Waals surface area contributed by atoms with E-state index in [1.165, 1.54) is 38.5 Å². The number of halogens is 1. The standard InChI is InChI=1S/C17H31N3O.ClH/c21-17(7-6-15-4-2-1-3-5-15)20-12-10-19(11-13-20)16-8-9-18-14-16;/h15-16,18H,1-14H2;1H. The number of carbonyl (C=O) groups excluding carboxylic acids is 1. The van der Waals surface area contributed by atoms with Crippen molar-refractivity contribution in [3.63, 3.8) is 0 Å². The molecule has 0 aromatic heterocycles. The number of nitrogens with zero attached hydrogens (tertiary/aromatic N) is 2. The first kappa shape index (κ1) is 18.0. The van der Waals surface area contributed by atoms with Gasteiger partial charge in [0, 0.05) is 45.2 Å². The van der Waals surface area contributed by atoms with Crippen LogP contribution in [-0.4, -0.2) is 61.0 Å². The Bertz CT molecular complexity index is 333. The average molecular weight is 330 g/mol. The molecular weight excluding hydrogens is 298 g/mol. The van der Waals surface area contributed by atoms with Gasteiger partial charge in [-0.3, -0.25) is 9.69 Å². The summed E-state index contributed by atoms with van der Waals surface area (Å²) in [5, 5.41) is 3.44. The second-order valence-corrected chi connectivity index (χ2v) is 7.11. The van der Waals surface area contributed by atoms with E-state index in [9.17, 15) is 4.79 Å². The zero-order valence-electron chi connectivity index (χ0n) is 13.8. The van der Waals surface area contributed by atoms with Crippen LogP contribution in [0.5, 0.6) is 0 Å². The first-order valence-electron chi connectivity index (χ1n) is 9.05. The van der Waals surface area contributed by atoms with Crippen molar-refractivity contribution in [2.75, 3.05) is 39.3 Å². The third kappa shape index (κ3) is 4.84. The van der Waals surface area contributed by atoms with Gasteiger partial charge in [0.05, 0.1) is 0 Å². The molecule has 1 atom stereocenters. The minimum atomic E-state index is 0. The third-order valence-corrected chi connectivity index (χ3v) is 5.71. The fraction of sp³-hybridized carbons (Fsp3) is 0.941. The molecule has 4 nitrogen and oxygen atoms in total. The van der Waals surface area contributed by atoms with Crippen molar-refractivity contribution in [3.8, 4) is 0 Å². The lowest BCUT2D eigenvalue weighted by atomic mass is 9.86. The number of hydrogen-bond donors (Lipinski definition) is 1. The van der Waals surface area contributed by atoms with Crippen molar-refractivity contribution >= 4 is 18.3 Å². The molecule has 0 spiro atoms. The van der Waals surface area contributed by atoms with Gasteiger partial charge >= 0.3 is 0 Å². The van der Waals surface area contributed by atoms with E-state index in [1.807, 2.05) is 0 Å². The first-order valence-corrected chi connectivity index (χ1v) is 9.05. The summed E-state index contributed by atoms with van der Waals surface area (Å²) in [5.74, 6) is 1.23. The Kier molecular flexibility index (Phi) is 7.45. The molecule has 1 N–H and O–H groups in total. The molecule has 0 aromatic rings. The van der Waals surface area contributed by atoms with Crippen LogP contribution in [0.25, 0.3) is 0 Å². The molecule has 2 saturated heterocycles. The predicted molar refractivity (Wildman–Crippen MR) is 92.5 cm³/mol. The Morgan fingerprint density at radius 1 is 1.00 bits per heavy atom. The van der Waals surface area contributed by atoms with Crippen LogP contribution >= 0.6 is 12.4 Å². The highest BCUT2D eigenvalue weighted by molar-refractivity contribution is 5.85. The lowest BCUT2D eigenvalue weighted by molar-refractivity contribution is -0.133. The molecule has 2 aliphatic heterocycles. The van der Waals surface area contributed by atoms with Gasteiger partial charge in [0.15, 0.2) is 0 Å². The summed E-state index contributed by atoms with van der Waals surface area (Å²) in [4.78, 5) is 17.1. The smallest absolute Gasteiger partial charge is 0.222 e. The van der Waals surface area contributed by atoms with Crippen LogP contribution < -0.4 is 5.32 Å². The van der Waals surface area contributed by atoms with Crippen molar-refractivity contribution in [1.82, 2.24) is 15.1 Å². The highest BCUT2D eigenvalue weighted by Gasteiger charge is 2.27. The molecule has 0 radical (unpaired) electrons. The molecule has 1 aliphatic carbocycles. The van der Waals surface area contributed by atoms with Crippen molar-refractivity contribution < 1.29 is 4.79 Å². The van der Waals surface area contributed by atoms with Gasteiger partial charge in [-0.25, -0.2) is 0 Å². The summed E-state index contributed by atoms with van der Waals surface area (Å²) >= 11 is 0. The Labute approximate surface area is 141 Å². The van der Waals surface area contributed by atoms with E-state index in [2.05, 4.69) is 15.1 Å². The highest BCUT2D eigenvalue weighted by Crippen LogP contribution is 2.27. The first-order chi connectivity index (χ1) is 10.3. The summed E-state index contributed by atoms with van der Waals surface area (Å²) in [6.07, 6.45) is 10.1. The Balaban J connectivity index is 0.00000176. The van der Waals surface area contributed by atoms with Crippen LogP contribution in [0.15, 0.2) is 0 Å². The van der Waals surface area contributed by atoms with Gasteiger partial charge in [-0.1, -0.05) is 32.1 Å². The summed E-state index contributed by atoms with van der Waals surface area (Å²) in [6, 6.07) is 0.712. The maximum atomic E-state index is 12.4. The number of rotatable bonds is 4. The quantitative estimate of drug-likeness (QED) is 0.859. The second kappa shape index (κ2) is 9.09. The van der Waals surface area contributed by atoms with E-state index in [-0.39, 0.29) is 12.4 Å². The van der Waals surface area contributed by atoms with Crippen molar-refractivity contribution in [2.45, 2.75) is 57.4 Å². The van der Waals surface area contributed by atoms with Gasteiger partial charge in [0.2, 0.25) is 5.91 Å². The van der Waals surface area contributed by atoms with Crippen LogP contribution in [0.4, 0.5) is 0 Å². The van der Waals surface area contributed by atoms with Gasteiger partial charge in [-0.2, -0.15) is 0 Å². The molecule has 3 fully saturated rings. The number of nitrogens with one attached hydrogen (secondary N) is 1. The molecule has 5 heteroatoms. The molecule has 2 heterocycles. The predicted octanol–water partition coefficient (Wildman–Crippen LogP) is 2.27. The minimum absolute atomic E-state index is 0. The van der Waals surface area contributed by atoms with E-state index < -0.39 is 0 Å². The summed E-state index contributed by atoms with van der Waals surface area (Å²) in [7, 11) is 0. The normalized spacial score (nSPS) is 27.6. The highest BCUT2D eigenvalue weighted by atomic mass is 35.5. The van der Waals surface area contributed by atoms with E-state index in [1.54, 1.807) is 0 Å². The number of piperazine rings is 1. The summed E-state index contributed by atoms with van der Waals surface area (Å²) < 4.78 is 0. The molecular formula is C17H32ClN3O. The van der Waals surface area contributed by atoms with E-state index in [0.717, 1.165) is 58.0 Å². The molecule has 0 bridgehead atoms. The fourth-order valence-electron chi connectivity index (χ4n) is 4.25. The number of hydrogen-bond acceptors (Lipinski definition) is 3. The number of amides is 1. The molecule has 0 aromatic carbocycles. The van der Waals surface area contributed by atoms with Crippen molar-refractivity contribution in [2.24, 2.45) is 5.92 Å². The molecule has 1 saturated carbocycles. The van der Waals surface area contributed by atoms with Gasteiger partial charge < -0.3 is 10.2 Å². The van der Waals surface area contributed by atoms with Gasteiger partial charge in [0.25, 0.3) is 0 Å². The lowest BCUT2D eigenvalue weighted by Gasteiger charge is -2.38. The summed E-state index contributed by atoms with van der Waals surface area (Å²) in [6.45, 7) is 6.32. The van der Waals surface area contributed by atoms with Gasteiger partial charge in [0.1, 0.15) is 0 Å². The van der Waals surface area contributed by atoms with Gasteiger partial charge in [-0.05, 0) is 25.3 Å². The molecule has 128 valence electrons. The Hall–Kier alpha value is -0.320. The van der Waals surface area contributed by atoms with Crippen LogP contribution in [0.1, 0.15) is 51.4 Å². The zero-order chi connectivity index (χ0) is 14.5. The van der Waals surface area contributed by atoms with Gasteiger partial charge in [-0.15, -0.1) is 12.4 Å². The molecule has 1 amide bonds. The molecule has 3 aliphatic rings.